The Morgan fingerprint density at radius 1 is 1.35 bits per heavy atom. The third-order valence-electron chi connectivity index (χ3n) is 9.15. The molecule has 6 nitrogen and oxygen atoms in total. The molecule has 4 rings (SSSR count). The Labute approximate surface area is 184 Å². The van der Waals surface area contributed by atoms with Crippen LogP contribution >= 0.6 is 0 Å². The largest absolute Gasteiger partial charge is 0.454 e. The fourth-order valence-electron chi connectivity index (χ4n) is 6.99. The van der Waals surface area contributed by atoms with Crippen molar-refractivity contribution < 1.29 is 29.6 Å². The van der Waals surface area contributed by atoms with Gasteiger partial charge in [0.1, 0.15) is 6.10 Å². The third kappa shape index (κ3) is 2.67. The number of Topliss-reactive ketones (excluding diaryl/α,β-unsaturated/α-hetero) is 1. The van der Waals surface area contributed by atoms with E-state index in [-0.39, 0.29) is 34.5 Å². The number of esters is 1. The van der Waals surface area contributed by atoms with E-state index in [2.05, 4.69) is 13.8 Å². The molecule has 0 amide bonds. The second-order valence-electron chi connectivity index (χ2n) is 11.0. The molecule has 0 aliphatic heterocycles. The zero-order valence-corrected chi connectivity index (χ0v) is 19.4. The van der Waals surface area contributed by atoms with E-state index in [1.165, 1.54) is 0 Å². The summed E-state index contributed by atoms with van der Waals surface area (Å²) in [6.45, 7) is 11.2. The number of rotatable bonds is 4. The third-order valence-corrected chi connectivity index (χ3v) is 9.15. The molecule has 2 bridgehead atoms. The van der Waals surface area contributed by atoms with Gasteiger partial charge in [-0.05, 0) is 54.1 Å². The number of aliphatic hydroxyl groups excluding tert-OH is 2. The summed E-state index contributed by atoms with van der Waals surface area (Å²) in [7, 11) is 0. The van der Waals surface area contributed by atoms with Crippen LogP contribution in [0.15, 0.2) is 23.3 Å². The molecule has 0 aromatic heterocycles. The van der Waals surface area contributed by atoms with Crippen LogP contribution in [0.25, 0.3) is 0 Å². The first-order valence-corrected chi connectivity index (χ1v) is 11.6. The molecule has 1 spiro atoms. The minimum absolute atomic E-state index is 0.0134. The predicted molar refractivity (Wildman–Crippen MR) is 115 cm³/mol. The second-order valence-corrected chi connectivity index (χ2v) is 11.0. The molecule has 4 aliphatic carbocycles. The molecule has 2 saturated carbocycles. The second kappa shape index (κ2) is 7.00. The maximum absolute atomic E-state index is 14.2. The topological polar surface area (TPSA) is 104 Å². The summed E-state index contributed by atoms with van der Waals surface area (Å²) in [5.41, 5.74) is -2.64. The predicted octanol–water partition coefficient (Wildman–Crippen LogP) is 2.41. The lowest BCUT2D eigenvalue weighted by Gasteiger charge is -2.48. The fraction of sp³-hybridized carbons (Fsp3) is 0.760. The van der Waals surface area contributed by atoms with Crippen LogP contribution in [0.4, 0.5) is 0 Å². The number of hydrogen-bond donors (Lipinski definition) is 3. The van der Waals surface area contributed by atoms with Gasteiger partial charge >= 0.3 is 5.97 Å². The standard InChI is InChI=1S/C25H36O6/c1-7-12(2)22(29)31-21-13(3)10-24-14(4)8-17-18(23(17,5)6)16(20(24)28)9-15(11-26)19(27)25(21,24)30/h9-10,12,14,16-19,21,26-27,30H,7-8,11H2,1-6H3/t12?,14-,16?,17-,18+,19-,21+,24+,25+/m1/s1. The molecule has 9 atom stereocenters. The van der Waals surface area contributed by atoms with Crippen LogP contribution in [-0.4, -0.2) is 51.5 Å². The Balaban J connectivity index is 1.89. The molecule has 0 aromatic rings. The van der Waals surface area contributed by atoms with Crippen molar-refractivity contribution in [3.05, 3.63) is 23.3 Å². The van der Waals surface area contributed by atoms with Crippen molar-refractivity contribution in [2.75, 3.05) is 6.61 Å². The number of ketones is 1. The van der Waals surface area contributed by atoms with Crippen molar-refractivity contribution >= 4 is 11.8 Å². The Kier molecular flexibility index (Phi) is 5.12. The summed E-state index contributed by atoms with van der Waals surface area (Å²) in [5.74, 6) is -1.30. The molecule has 4 aliphatic rings. The number of fused-ring (bicyclic) bond motifs is 3. The number of carbonyl (C=O) groups is 2. The summed E-state index contributed by atoms with van der Waals surface area (Å²) in [6, 6.07) is 0. The van der Waals surface area contributed by atoms with Crippen molar-refractivity contribution in [3.63, 3.8) is 0 Å². The first-order chi connectivity index (χ1) is 14.4. The van der Waals surface area contributed by atoms with Gasteiger partial charge in [0.2, 0.25) is 0 Å². The maximum Gasteiger partial charge on any atom is 0.309 e. The number of allylic oxidation sites excluding steroid dienone is 1. The number of carbonyl (C=O) groups excluding carboxylic acids is 2. The Hall–Kier alpha value is -1.50. The van der Waals surface area contributed by atoms with Gasteiger partial charge in [-0.25, -0.2) is 0 Å². The quantitative estimate of drug-likeness (QED) is 0.466. The van der Waals surface area contributed by atoms with E-state index in [1.54, 1.807) is 26.0 Å². The minimum atomic E-state index is -2.05. The molecule has 0 aromatic carbocycles. The van der Waals surface area contributed by atoms with E-state index >= 15 is 0 Å². The average Bonchev–Trinajstić information content (AvgIpc) is 3.21. The SMILES string of the molecule is CCC(C)C(=O)O[C@H]1C(C)=C[C@]23C(=O)C(C=C(CO)[C@@H](O)[C@]12O)[C@H]1[C@@H](C[C@H]3C)C1(C)C. The molecule has 2 unspecified atom stereocenters. The van der Waals surface area contributed by atoms with Crippen molar-refractivity contribution in [3.8, 4) is 0 Å². The monoisotopic (exact) mass is 432 g/mol. The van der Waals surface area contributed by atoms with Crippen LogP contribution in [-0.2, 0) is 14.3 Å². The molecule has 172 valence electrons. The lowest BCUT2D eigenvalue weighted by atomic mass is 9.59. The van der Waals surface area contributed by atoms with Crippen molar-refractivity contribution in [1.29, 1.82) is 0 Å². The number of aliphatic hydroxyl groups is 3. The summed E-state index contributed by atoms with van der Waals surface area (Å²) in [5, 5.41) is 33.7. The van der Waals surface area contributed by atoms with Crippen LogP contribution in [0, 0.1) is 40.4 Å². The first kappa shape index (κ1) is 22.7. The molecular formula is C25H36O6. The van der Waals surface area contributed by atoms with Gasteiger partial charge in [-0.15, -0.1) is 0 Å². The van der Waals surface area contributed by atoms with Crippen molar-refractivity contribution in [2.24, 2.45) is 40.4 Å². The molecular weight excluding hydrogens is 396 g/mol. The molecule has 0 saturated heterocycles. The van der Waals surface area contributed by atoms with Crippen LogP contribution < -0.4 is 0 Å². The first-order valence-electron chi connectivity index (χ1n) is 11.6. The van der Waals surface area contributed by atoms with Crippen molar-refractivity contribution in [1.82, 2.24) is 0 Å². The van der Waals surface area contributed by atoms with Gasteiger partial charge in [0.05, 0.1) is 17.9 Å². The van der Waals surface area contributed by atoms with E-state index in [9.17, 15) is 24.9 Å². The van der Waals surface area contributed by atoms with Gasteiger partial charge in [-0.1, -0.05) is 46.8 Å². The van der Waals surface area contributed by atoms with E-state index in [0.717, 1.165) is 6.42 Å². The van der Waals surface area contributed by atoms with E-state index < -0.39 is 41.7 Å². The van der Waals surface area contributed by atoms with E-state index in [0.29, 0.717) is 17.9 Å². The summed E-state index contributed by atoms with van der Waals surface area (Å²) < 4.78 is 5.79. The lowest BCUT2D eigenvalue weighted by molar-refractivity contribution is -0.205. The average molecular weight is 433 g/mol. The lowest BCUT2D eigenvalue weighted by Crippen LogP contribution is -2.66. The highest BCUT2D eigenvalue weighted by atomic mass is 16.6. The van der Waals surface area contributed by atoms with Crippen LogP contribution in [0.5, 0.6) is 0 Å². The molecule has 6 heteroatoms. The Morgan fingerprint density at radius 2 is 2.00 bits per heavy atom. The highest BCUT2D eigenvalue weighted by molar-refractivity contribution is 5.95. The van der Waals surface area contributed by atoms with Crippen molar-refractivity contribution in [2.45, 2.75) is 72.2 Å². The summed E-state index contributed by atoms with van der Waals surface area (Å²) >= 11 is 0. The number of hydrogen-bond acceptors (Lipinski definition) is 6. The molecule has 0 radical (unpaired) electrons. The number of ether oxygens (including phenoxy) is 1. The summed E-state index contributed by atoms with van der Waals surface area (Å²) in [6.07, 6.45) is 2.11. The highest BCUT2D eigenvalue weighted by Crippen LogP contribution is 2.71. The van der Waals surface area contributed by atoms with Crippen LogP contribution in [0.1, 0.15) is 54.4 Å². The Bertz CT molecular complexity index is 871. The van der Waals surface area contributed by atoms with Gasteiger partial charge in [0.15, 0.2) is 17.5 Å². The van der Waals surface area contributed by atoms with Gasteiger partial charge in [0.25, 0.3) is 0 Å². The smallest absolute Gasteiger partial charge is 0.309 e. The zero-order valence-electron chi connectivity index (χ0n) is 19.4. The van der Waals surface area contributed by atoms with E-state index in [1.807, 2.05) is 13.8 Å². The Morgan fingerprint density at radius 3 is 2.58 bits per heavy atom. The molecule has 31 heavy (non-hydrogen) atoms. The van der Waals surface area contributed by atoms with Gasteiger partial charge < -0.3 is 20.1 Å². The van der Waals surface area contributed by atoms with Gasteiger partial charge in [-0.2, -0.15) is 0 Å². The molecule has 2 fully saturated rings. The van der Waals surface area contributed by atoms with E-state index in [4.69, 9.17) is 4.74 Å². The highest BCUT2D eigenvalue weighted by Gasteiger charge is 2.76. The van der Waals surface area contributed by atoms with Gasteiger partial charge in [-0.3, -0.25) is 9.59 Å². The normalized spacial score (nSPS) is 46.0. The van der Waals surface area contributed by atoms with Crippen LogP contribution in [0.3, 0.4) is 0 Å². The fourth-order valence-corrected chi connectivity index (χ4v) is 6.99. The minimum Gasteiger partial charge on any atom is -0.454 e. The van der Waals surface area contributed by atoms with Crippen LogP contribution in [0.2, 0.25) is 0 Å². The summed E-state index contributed by atoms with van der Waals surface area (Å²) in [4.78, 5) is 26.9. The molecule has 0 heterocycles. The molecule has 3 N–H and O–H groups in total. The maximum atomic E-state index is 14.2. The van der Waals surface area contributed by atoms with Gasteiger partial charge in [0, 0.05) is 5.92 Å². The zero-order chi connectivity index (χ0) is 23.1.